The van der Waals surface area contributed by atoms with Crippen molar-refractivity contribution in [3.63, 3.8) is 0 Å². The van der Waals surface area contributed by atoms with Crippen molar-refractivity contribution >= 4 is 22.3 Å². The van der Waals surface area contributed by atoms with E-state index in [1.807, 2.05) is 45.0 Å². The van der Waals surface area contributed by atoms with Crippen LogP contribution in [-0.2, 0) is 10.3 Å². The summed E-state index contributed by atoms with van der Waals surface area (Å²) in [5.41, 5.74) is 1.40. The van der Waals surface area contributed by atoms with Gasteiger partial charge >= 0.3 is 0 Å². The number of imidazole rings is 1. The molecule has 1 atom stereocenters. The van der Waals surface area contributed by atoms with Gasteiger partial charge in [0, 0.05) is 12.0 Å². The summed E-state index contributed by atoms with van der Waals surface area (Å²) in [6.07, 6.45) is 1.44. The highest BCUT2D eigenvalue weighted by molar-refractivity contribution is 5.81. The summed E-state index contributed by atoms with van der Waals surface area (Å²) in [6.45, 7) is 7.22. The number of benzene rings is 1. The van der Waals surface area contributed by atoms with E-state index in [1.54, 1.807) is 8.97 Å². The Kier molecular flexibility index (Phi) is 4.02. The Morgan fingerprint density at radius 2 is 1.88 bits per heavy atom. The molecule has 3 aromatic rings. The topological polar surface area (TPSA) is 85.8 Å². The molecule has 25 heavy (non-hydrogen) atoms. The highest BCUT2D eigenvalue weighted by Crippen LogP contribution is 2.27. The maximum Gasteiger partial charge on any atom is 0.277 e. The average molecular weight is 340 g/mol. The van der Waals surface area contributed by atoms with Crippen LogP contribution in [0.4, 0.5) is 0 Å². The Hall–Kier alpha value is -2.83. The quantitative estimate of drug-likeness (QED) is 0.683. The van der Waals surface area contributed by atoms with Crippen LogP contribution in [0.3, 0.4) is 0 Å². The summed E-state index contributed by atoms with van der Waals surface area (Å²) >= 11 is 0. The lowest BCUT2D eigenvalue weighted by Crippen LogP contribution is -2.35. The highest BCUT2D eigenvalue weighted by Gasteiger charge is 2.26. The zero-order valence-electron chi connectivity index (χ0n) is 14.7. The van der Waals surface area contributed by atoms with Crippen molar-refractivity contribution in [1.82, 2.24) is 14.0 Å². The molecule has 0 fully saturated rings. The molecule has 2 heterocycles. The van der Waals surface area contributed by atoms with Crippen molar-refractivity contribution in [1.29, 1.82) is 0 Å². The molecule has 7 heteroatoms. The van der Waals surface area contributed by atoms with Gasteiger partial charge in [0.15, 0.2) is 0 Å². The molecule has 1 unspecified atom stereocenters. The number of nitrogens with zero attached hydrogens (tertiary/aromatic N) is 4. The number of Topliss-reactive ketones (excluding diaryl/α,β-unsaturated/α-hetero) is 1. The Morgan fingerprint density at radius 1 is 1.24 bits per heavy atom. The van der Waals surface area contributed by atoms with Crippen LogP contribution < -0.4 is 5.56 Å². The molecule has 7 nitrogen and oxygen atoms in total. The second-order valence-corrected chi connectivity index (χ2v) is 7.18. The number of carbonyl (C=O) groups is 1. The number of carbonyl (C=O) groups excluding carboxylic acids is 1. The lowest BCUT2D eigenvalue weighted by Gasteiger charge is -2.25. The Balaban J connectivity index is 2.46. The van der Waals surface area contributed by atoms with Crippen molar-refractivity contribution in [2.75, 3.05) is 0 Å². The van der Waals surface area contributed by atoms with E-state index in [2.05, 4.69) is 10.2 Å². The van der Waals surface area contributed by atoms with Crippen LogP contribution in [0.15, 0.2) is 40.6 Å². The van der Waals surface area contributed by atoms with E-state index < -0.39 is 11.6 Å². The molecular weight excluding hydrogens is 320 g/mol. The number of rotatable bonds is 4. The van der Waals surface area contributed by atoms with Crippen LogP contribution in [0.25, 0.3) is 16.6 Å². The smallest absolute Gasteiger partial charge is 0.277 e. The Labute approximate surface area is 144 Å². The largest absolute Gasteiger partial charge is 0.300 e. The fraction of sp³-hybridized carbons (Fsp3) is 0.389. The molecule has 2 aromatic heterocycles. The van der Waals surface area contributed by atoms with E-state index in [0.29, 0.717) is 5.52 Å². The zero-order valence-corrected chi connectivity index (χ0v) is 14.7. The Bertz CT molecular complexity index is 1040. The predicted octanol–water partition coefficient (Wildman–Crippen LogP) is 3.19. The van der Waals surface area contributed by atoms with Gasteiger partial charge in [-0.15, -0.1) is 0 Å². The van der Waals surface area contributed by atoms with Crippen molar-refractivity contribution < 1.29 is 4.79 Å². The van der Waals surface area contributed by atoms with Gasteiger partial charge in [-0.3, -0.25) is 18.6 Å². The summed E-state index contributed by atoms with van der Waals surface area (Å²) < 4.78 is 3.37. The normalized spacial score (nSPS) is 13.3. The van der Waals surface area contributed by atoms with Crippen molar-refractivity contribution in [3.05, 3.63) is 51.5 Å². The minimum atomic E-state index is -0.968. The summed E-state index contributed by atoms with van der Waals surface area (Å²) in [6, 6.07) is 6.56. The third-order valence-corrected chi connectivity index (χ3v) is 4.18. The molecule has 0 saturated carbocycles. The van der Waals surface area contributed by atoms with Gasteiger partial charge in [0.2, 0.25) is 0 Å². The van der Waals surface area contributed by atoms with Crippen LogP contribution in [-0.4, -0.2) is 19.7 Å². The lowest BCUT2D eigenvalue weighted by atomic mass is 10.1. The lowest BCUT2D eigenvalue weighted by molar-refractivity contribution is -0.117. The molecule has 0 radical (unpaired) electrons. The number of ketones is 1. The van der Waals surface area contributed by atoms with Gasteiger partial charge in [0.1, 0.15) is 29.4 Å². The maximum absolute atomic E-state index is 13.3. The van der Waals surface area contributed by atoms with E-state index in [9.17, 15) is 14.5 Å². The molecule has 1 aromatic carbocycles. The third kappa shape index (κ3) is 2.75. The van der Waals surface area contributed by atoms with Crippen molar-refractivity contribution in [2.24, 2.45) is 5.18 Å². The number of para-hydroxylation sites is 2. The first-order chi connectivity index (χ1) is 11.8. The number of aromatic nitrogens is 3. The zero-order chi connectivity index (χ0) is 18.4. The van der Waals surface area contributed by atoms with Crippen LogP contribution in [0.5, 0.6) is 0 Å². The monoisotopic (exact) mass is 340 g/mol. The molecule has 0 spiro atoms. The number of hydrogen-bond acceptors (Lipinski definition) is 5. The maximum atomic E-state index is 13.3. The number of fused-ring (bicyclic) bond motifs is 3. The number of hydrogen-bond donors (Lipinski definition) is 0. The second-order valence-electron chi connectivity index (χ2n) is 7.18. The van der Waals surface area contributed by atoms with Crippen molar-refractivity contribution in [2.45, 2.75) is 45.7 Å². The fourth-order valence-corrected chi connectivity index (χ4v) is 3.20. The van der Waals surface area contributed by atoms with Gasteiger partial charge in [0.05, 0.1) is 11.0 Å². The molecule has 0 saturated heterocycles. The summed E-state index contributed by atoms with van der Waals surface area (Å²) in [7, 11) is 0. The molecule has 0 bridgehead atoms. The van der Waals surface area contributed by atoms with Gasteiger partial charge < -0.3 is 0 Å². The second kappa shape index (κ2) is 5.91. The van der Waals surface area contributed by atoms with E-state index in [1.165, 1.54) is 13.3 Å². The summed E-state index contributed by atoms with van der Waals surface area (Å²) in [5, 5.41) is 3.04. The van der Waals surface area contributed by atoms with Gasteiger partial charge in [-0.2, -0.15) is 4.91 Å². The van der Waals surface area contributed by atoms with Gasteiger partial charge in [-0.25, -0.2) is 4.98 Å². The molecule has 130 valence electrons. The van der Waals surface area contributed by atoms with E-state index in [4.69, 9.17) is 0 Å². The van der Waals surface area contributed by atoms with Gasteiger partial charge in [-0.1, -0.05) is 17.3 Å². The minimum absolute atomic E-state index is 0.0715. The van der Waals surface area contributed by atoms with Crippen LogP contribution in [0.1, 0.15) is 45.9 Å². The first-order valence-corrected chi connectivity index (χ1v) is 8.08. The molecule has 0 aliphatic heterocycles. The van der Waals surface area contributed by atoms with Gasteiger partial charge in [-0.05, 0) is 39.8 Å². The van der Waals surface area contributed by atoms with Crippen LogP contribution in [0, 0.1) is 4.91 Å². The van der Waals surface area contributed by atoms with Crippen LogP contribution in [0.2, 0.25) is 0 Å². The van der Waals surface area contributed by atoms with E-state index >= 15 is 0 Å². The first-order valence-electron chi connectivity index (χ1n) is 8.08. The van der Waals surface area contributed by atoms with E-state index in [-0.39, 0.29) is 23.5 Å². The first kappa shape index (κ1) is 17.0. The highest BCUT2D eigenvalue weighted by atomic mass is 16.3. The fourth-order valence-electron chi connectivity index (χ4n) is 3.20. The molecular formula is C18H20N4O3. The molecule has 0 aliphatic carbocycles. The van der Waals surface area contributed by atoms with Crippen molar-refractivity contribution in [3.8, 4) is 0 Å². The predicted molar refractivity (Wildman–Crippen MR) is 95.8 cm³/mol. The average Bonchev–Trinajstić information content (AvgIpc) is 2.97. The third-order valence-electron chi connectivity index (χ3n) is 4.18. The standard InChI is InChI=1S/C18H20N4O3/c1-11(23)9-12(20-25)15-16-17(24)22(18(2,3)4)14-8-6-5-7-13(14)21(16)10-19-15/h5-8,10,12H,9H2,1-4H3. The molecule has 0 aliphatic rings. The minimum Gasteiger partial charge on any atom is -0.300 e. The summed E-state index contributed by atoms with van der Waals surface area (Å²) in [5.74, 6) is -0.178. The SMILES string of the molecule is CC(=O)CC(N=O)c1ncn2c1c(=O)n(C(C)(C)C)c1ccccc12. The summed E-state index contributed by atoms with van der Waals surface area (Å²) in [4.78, 5) is 40.2. The molecule has 0 amide bonds. The van der Waals surface area contributed by atoms with E-state index in [0.717, 1.165) is 11.0 Å². The van der Waals surface area contributed by atoms with Gasteiger partial charge in [0.25, 0.3) is 5.56 Å². The Morgan fingerprint density at radius 3 is 2.44 bits per heavy atom. The molecule has 3 rings (SSSR count). The number of nitroso groups, excluding NO2 is 1. The molecule has 0 N–H and O–H groups in total. The van der Waals surface area contributed by atoms with Crippen LogP contribution >= 0.6 is 0 Å².